The van der Waals surface area contributed by atoms with E-state index in [0.717, 1.165) is 16.2 Å². The van der Waals surface area contributed by atoms with Crippen LogP contribution in [0.5, 0.6) is 0 Å². The molecule has 0 bridgehead atoms. The Bertz CT molecular complexity index is 746. The van der Waals surface area contributed by atoms with Crippen molar-refractivity contribution in [2.24, 2.45) is 11.8 Å². The van der Waals surface area contributed by atoms with Crippen molar-refractivity contribution in [3.63, 3.8) is 0 Å². The summed E-state index contributed by atoms with van der Waals surface area (Å²) in [7, 11) is 5.37. The summed E-state index contributed by atoms with van der Waals surface area (Å²) in [5.74, 6) is -2.48. The van der Waals surface area contributed by atoms with Crippen molar-refractivity contribution in [3.8, 4) is 0 Å². The predicted molar refractivity (Wildman–Crippen MR) is 96.4 cm³/mol. The Hall–Kier alpha value is -2.41. The Morgan fingerprint density at radius 3 is 2.38 bits per heavy atom. The minimum Gasteiger partial charge on any atom is -0.465 e. The van der Waals surface area contributed by atoms with Crippen molar-refractivity contribution in [2.45, 2.75) is 25.4 Å². The van der Waals surface area contributed by atoms with Gasteiger partial charge in [0.1, 0.15) is 5.54 Å². The Kier molecular flexibility index (Phi) is 4.52. The summed E-state index contributed by atoms with van der Waals surface area (Å²) in [5.41, 5.74) is 0.667. The van der Waals surface area contributed by atoms with Crippen LogP contribution in [0.25, 0.3) is 0 Å². The number of amides is 2. The number of hydrogen-bond donors (Lipinski definition) is 1. The lowest BCUT2D eigenvalue weighted by Crippen LogP contribution is -2.53. The van der Waals surface area contributed by atoms with Gasteiger partial charge in [-0.25, -0.2) is 0 Å². The summed E-state index contributed by atoms with van der Waals surface area (Å²) in [5, 5.41) is 3.24. The summed E-state index contributed by atoms with van der Waals surface area (Å²) in [6, 6.07) is 7.34. The number of hydrogen-bond acceptors (Lipinski definition) is 6. The van der Waals surface area contributed by atoms with Gasteiger partial charge in [0.25, 0.3) is 0 Å². The fourth-order valence-corrected chi connectivity index (χ4v) is 4.02. The molecule has 0 aliphatic carbocycles. The van der Waals surface area contributed by atoms with E-state index in [1.165, 1.54) is 7.05 Å². The zero-order valence-electron chi connectivity index (χ0n) is 15.8. The number of anilines is 1. The molecule has 1 N–H and O–H groups in total. The van der Waals surface area contributed by atoms with Crippen LogP contribution in [0.1, 0.15) is 25.5 Å². The number of rotatable bonds is 4. The van der Waals surface area contributed by atoms with Gasteiger partial charge in [0.15, 0.2) is 0 Å². The van der Waals surface area contributed by atoms with E-state index >= 15 is 0 Å². The molecule has 7 heteroatoms. The molecule has 2 amide bonds. The van der Waals surface area contributed by atoms with Crippen LogP contribution in [0.4, 0.5) is 5.69 Å². The average Bonchev–Trinajstić information content (AvgIpc) is 3.05. The zero-order valence-corrected chi connectivity index (χ0v) is 15.8. The van der Waals surface area contributed by atoms with Gasteiger partial charge in [0.2, 0.25) is 11.8 Å². The molecular formula is C19H25N3O4. The molecule has 2 aliphatic heterocycles. The Morgan fingerprint density at radius 2 is 1.85 bits per heavy atom. The zero-order chi connectivity index (χ0) is 19.2. The van der Waals surface area contributed by atoms with Gasteiger partial charge in [-0.1, -0.05) is 12.1 Å². The summed E-state index contributed by atoms with van der Waals surface area (Å²) in [6.07, 6.45) is 0. The van der Waals surface area contributed by atoms with Gasteiger partial charge in [0.05, 0.1) is 18.4 Å². The highest BCUT2D eigenvalue weighted by atomic mass is 16.5. The number of likely N-dealkylation sites (tertiary alicyclic amines) is 1. The van der Waals surface area contributed by atoms with E-state index in [4.69, 9.17) is 4.74 Å². The minimum atomic E-state index is -1.23. The third-order valence-corrected chi connectivity index (χ3v) is 5.48. The lowest BCUT2D eigenvalue weighted by Gasteiger charge is -2.28. The molecule has 4 atom stereocenters. The van der Waals surface area contributed by atoms with Gasteiger partial charge in [-0.15, -0.1) is 0 Å². The van der Waals surface area contributed by atoms with E-state index in [0.29, 0.717) is 0 Å². The molecule has 0 radical (unpaired) electrons. The van der Waals surface area contributed by atoms with Crippen LogP contribution >= 0.6 is 0 Å². The maximum atomic E-state index is 12.7. The van der Waals surface area contributed by atoms with Gasteiger partial charge in [0, 0.05) is 32.9 Å². The molecule has 2 saturated heterocycles. The quantitative estimate of drug-likeness (QED) is 0.637. The third kappa shape index (κ3) is 2.58. The molecule has 0 saturated carbocycles. The summed E-state index contributed by atoms with van der Waals surface area (Å²) >= 11 is 0. The summed E-state index contributed by atoms with van der Waals surface area (Å²) < 4.78 is 5.20. The normalized spacial score (nSPS) is 30.5. The van der Waals surface area contributed by atoms with Crippen molar-refractivity contribution in [1.29, 1.82) is 0 Å². The van der Waals surface area contributed by atoms with E-state index in [2.05, 4.69) is 5.32 Å². The first kappa shape index (κ1) is 18.4. The topological polar surface area (TPSA) is 79.0 Å². The summed E-state index contributed by atoms with van der Waals surface area (Å²) in [4.78, 5) is 41.2. The number of carbonyl (C=O) groups excluding carboxylic acids is 3. The number of ether oxygens (including phenoxy) is 1. The molecule has 140 valence electrons. The molecule has 2 fully saturated rings. The molecule has 2 heterocycles. The lowest BCUT2D eigenvalue weighted by atomic mass is 9.80. The predicted octanol–water partition coefficient (Wildman–Crippen LogP) is 0.950. The molecule has 0 aromatic heterocycles. The van der Waals surface area contributed by atoms with Crippen molar-refractivity contribution < 1.29 is 19.1 Å². The Labute approximate surface area is 153 Å². The van der Waals surface area contributed by atoms with Gasteiger partial charge >= 0.3 is 5.97 Å². The number of esters is 1. The monoisotopic (exact) mass is 359 g/mol. The maximum absolute atomic E-state index is 12.7. The van der Waals surface area contributed by atoms with Crippen LogP contribution in [-0.2, 0) is 19.1 Å². The van der Waals surface area contributed by atoms with Gasteiger partial charge in [-0.3, -0.25) is 24.6 Å². The van der Waals surface area contributed by atoms with Crippen molar-refractivity contribution in [2.75, 3.05) is 32.6 Å². The number of carbonyl (C=O) groups is 3. The van der Waals surface area contributed by atoms with Gasteiger partial charge in [-0.05, 0) is 31.5 Å². The molecule has 3 rings (SSSR count). The fourth-order valence-electron chi connectivity index (χ4n) is 4.02. The SMILES string of the molecule is CCOC(=O)C1(C)NC(c2ccc(N(C)C)cc2)C2C(=O)N(C)C(=O)C21. The molecular weight excluding hydrogens is 334 g/mol. The number of fused-ring (bicyclic) bond motifs is 1. The van der Waals surface area contributed by atoms with Gasteiger partial charge < -0.3 is 9.64 Å². The molecule has 1 aromatic carbocycles. The highest BCUT2D eigenvalue weighted by molar-refractivity contribution is 6.09. The second kappa shape index (κ2) is 6.39. The van der Waals surface area contributed by atoms with Crippen LogP contribution in [0.3, 0.4) is 0 Å². The van der Waals surface area contributed by atoms with E-state index in [9.17, 15) is 14.4 Å². The van der Waals surface area contributed by atoms with E-state index in [1.54, 1.807) is 13.8 Å². The largest absolute Gasteiger partial charge is 0.465 e. The number of imide groups is 1. The Morgan fingerprint density at radius 1 is 1.23 bits per heavy atom. The third-order valence-electron chi connectivity index (χ3n) is 5.48. The van der Waals surface area contributed by atoms with Crippen LogP contribution in [-0.4, -0.2) is 56.0 Å². The first-order valence-electron chi connectivity index (χ1n) is 8.76. The van der Waals surface area contributed by atoms with E-state index < -0.39 is 29.4 Å². The van der Waals surface area contributed by atoms with Crippen LogP contribution in [0, 0.1) is 11.8 Å². The maximum Gasteiger partial charge on any atom is 0.326 e. The smallest absolute Gasteiger partial charge is 0.326 e. The number of benzene rings is 1. The van der Waals surface area contributed by atoms with Crippen LogP contribution in [0.15, 0.2) is 24.3 Å². The first-order chi connectivity index (χ1) is 12.2. The van der Waals surface area contributed by atoms with E-state index in [1.807, 2.05) is 43.3 Å². The number of nitrogens with one attached hydrogen (secondary N) is 1. The minimum absolute atomic E-state index is 0.216. The lowest BCUT2D eigenvalue weighted by molar-refractivity contribution is -0.155. The molecule has 4 unspecified atom stereocenters. The second-order valence-corrected chi connectivity index (χ2v) is 7.27. The summed E-state index contributed by atoms with van der Waals surface area (Å²) in [6.45, 7) is 3.59. The van der Waals surface area contributed by atoms with Gasteiger partial charge in [-0.2, -0.15) is 0 Å². The second-order valence-electron chi connectivity index (χ2n) is 7.27. The average molecular weight is 359 g/mol. The van der Waals surface area contributed by atoms with E-state index in [-0.39, 0.29) is 18.4 Å². The van der Waals surface area contributed by atoms with Crippen molar-refractivity contribution in [1.82, 2.24) is 10.2 Å². The molecule has 7 nitrogen and oxygen atoms in total. The van der Waals surface area contributed by atoms with Crippen LogP contribution < -0.4 is 10.2 Å². The molecule has 0 spiro atoms. The first-order valence-corrected chi connectivity index (χ1v) is 8.76. The molecule has 2 aliphatic rings. The standard InChI is InChI=1S/C19H25N3O4/c1-6-26-18(25)19(2)14-13(16(23)22(5)17(14)24)15(20-19)11-7-9-12(10-8-11)21(3)4/h7-10,13-15,20H,6H2,1-5H3. The number of nitrogens with zero attached hydrogens (tertiary/aromatic N) is 2. The highest BCUT2D eigenvalue weighted by Gasteiger charge is 2.66. The Balaban J connectivity index is 2.02. The molecule has 1 aromatic rings. The fraction of sp³-hybridized carbons (Fsp3) is 0.526. The van der Waals surface area contributed by atoms with Crippen molar-refractivity contribution in [3.05, 3.63) is 29.8 Å². The van der Waals surface area contributed by atoms with Crippen molar-refractivity contribution >= 4 is 23.5 Å². The highest BCUT2D eigenvalue weighted by Crippen LogP contribution is 2.48. The molecule has 26 heavy (non-hydrogen) atoms. The van der Waals surface area contributed by atoms with Crippen LogP contribution in [0.2, 0.25) is 0 Å².